The number of likely N-dealkylation sites (tertiary alicyclic amines) is 2. The number of benzene rings is 1. The molecule has 0 spiro atoms. The molecule has 2 aliphatic heterocycles. The van der Waals surface area contributed by atoms with Gasteiger partial charge in [-0.25, -0.2) is 0 Å². The molecule has 1 aromatic rings. The average Bonchev–Trinajstić information content (AvgIpc) is 3.19. The van der Waals surface area contributed by atoms with Crippen LogP contribution in [0.3, 0.4) is 0 Å². The molecule has 2 aliphatic rings. The van der Waals surface area contributed by atoms with Crippen molar-refractivity contribution < 1.29 is 9.53 Å². The van der Waals surface area contributed by atoms with Crippen LogP contribution < -0.4 is 4.74 Å². The van der Waals surface area contributed by atoms with E-state index in [9.17, 15) is 4.79 Å². The summed E-state index contributed by atoms with van der Waals surface area (Å²) in [6.07, 6.45) is 4.23. The topological polar surface area (TPSA) is 32.8 Å². The molecule has 4 heteroatoms. The molecule has 0 radical (unpaired) electrons. The van der Waals surface area contributed by atoms with E-state index in [1.165, 1.54) is 25.9 Å². The predicted octanol–water partition coefficient (Wildman–Crippen LogP) is 2.15. The first kappa shape index (κ1) is 14.4. The van der Waals surface area contributed by atoms with Crippen molar-refractivity contribution in [1.29, 1.82) is 0 Å². The summed E-state index contributed by atoms with van der Waals surface area (Å²) < 4.78 is 5.60. The fourth-order valence-electron chi connectivity index (χ4n) is 3.30. The third-order valence-corrected chi connectivity index (χ3v) is 4.50. The highest BCUT2D eigenvalue weighted by atomic mass is 16.5. The standard InChI is InChI=1S/C17H24N2O2/c20-17(9-13-21-16-6-2-1-3-7-16)19-12-8-15(14-19)18-10-4-5-11-18/h1-3,6-7,15H,4-5,8-14H2. The lowest BCUT2D eigenvalue weighted by molar-refractivity contribution is -0.130. The van der Waals surface area contributed by atoms with Crippen LogP contribution >= 0.6 is 0 Å². The summed E-state index contributed by atoms with van der Waals surface area (Å²) >= 11 is 0. The van der Waals surface area contributed by atoms with Crippen LogP contribution in [0.25, 0.3) is 0 Å². The fraction of sp³-hybridized carbons (Fsp3) is 0.588. The van der Waals surface area contributed by atoms with E-state index in [1.807, 2.05) is 35.2 Å². The molecule has 0 bridgehead atoms. The molecule has 1 amide bonds. The second-order valence-corrected chi connectivity index (χ2v) is 5.94. The summed E-state index contributed by atoms with van der Waals surface area (Å²) in [6.45, 7) is 4.71. The maximum atomic E-state index is 12.2. The SMILES string of the molecule is O=C(CCOc1ccccc1)N1CCC(N2CCCC2)C1. The number of rotatable bonds is 5. The predicted molar refractivity (Wildman–Crippen MR) is 82.3 cm³/mol. The molecule has 21 heavy (non-hydrogen) atoms. The van der Waals surface area contributed by atoms with E-state index in [0.29, 0.717) is 19.1 Å². The van der Waals surface area contributed by atoms with Crippen molar-refractivity contribution in [1.82, 2.24) is 9.80 Å². The lowest BCUT2D eigenvalue weighted by atomic mass is 10.2. The first-order chi connectivity index (χ1) is 10.3. The van der Waals surface area contributed by atoms with Crippen LogP contribution in [0.4, 0.5) is 0 Å². The second kappa shape index (κ2) is 6.94. The van der Waals surface area contributed by atoms with Gasteiger partial charge in [-0.3, -0.25) is 9.69 Å². The summed E-state index contributed by atoms with van der Waals surface area (Å²) in [6, 6.07) is 10.3. The molecule has 0 saturated carbocycles. The van der Waals surface area contributed by atoms with Gasteiger partial charge in [0.25, 0.3) is 0 Å². The van der Waals surface area contributed by atoms with E-state index in [1.54, 1.807) is 0 Å². The highest BCUT2D eigenvalue weighted by molar-refractivity contribution is 5.76. The van der Waals surface area contributed by atoms with E-state index >= 15 is 0 Å². The normalized spacial score (nSPS) is 22.7. The fourth-order valence-corrected chi connectivity index (χ4v) is 3.30. The number of carbonyl (C=O) groups excluding carboxylic acids is 1. The molecule has 1 unspecified atom stereocenters. The summed E-state index contributed by atoms with van der Waals surface area (Å²) in [5, 5.41) is 0. The van der Waals surface area contributed by atoms with Gasteiger partial charge in [-0.1, -0.05) is 18.2 Å². The first-order valence-electron chi connectivity index (χ1n) is 8.02. The van der Waals surface area contributed by atoms with E-state index in [-0.39, 0.29) is 5.91 Å². The van der Waals surface area contributed by atoms with Crippen molar-refractivity contribution in [2.45, 2.75) is 31.7 Å². The molecule has 1 aromatic carbocycles. The van der Waals surface area contributed by atoms with Crippen LogP contribution in [0.5, 0.6) is 5.75 Å². The Balaban J connectivity index is 1.40. The molecule has 1 atom stereocenters. The van der Waals surface area contributed by atoms with Gasteiger partial charge in [-0.2, -0.15) is 0 Å². The summed E-state index contributed by atoms with van der Waals surface area (Å²) in [5.41, 5.74) is 0. The van der Waals surface area contributed by atoms with Crippen molar-refractivity contribution in [2.75, 3.05) is 32.8 Å². The van der Waals surface area contributed by atoms with Crippen molar-refractivity contribution in [2.24, 2.45) is 0 Å². The lowest BCUT2D eigenvalue weighted by Gasteiger charge is -2.23. The minimum Gasteiger partial charge on any atom is -0.493 e. The number of amides is 1. The molecule has 2 saturated heterocycles. The average molecular weight is 288 g/mol. The summed E-state index contributed by atoms with van der Waals surface area (Å²) in [4.78, 5) is 16.8. The molecule has 2 heterocycles. The van der Waals surface area contributed by atoms with E-state index < -0.39 is 0 Å². The zero-order chi connectivity index (χ0) is 14.5. The molecule has 114 valence electrons. The monoisotopic (exact) mass is 288 g/mol. The first-order valence-corrected chi connectivity index (χ1v) is 8.02. The lowest BCUT2D eigenvalue weighted by Crippen LogP contribution is -2.37. The van der Waals surface area contributed by atoms with E-state index in [0.717, 1.165) is 25.3 Å². The number of para-hydroxylation sites is 1. The Morgan fingerprint density at radius 2 is 1.90 bits per heavy atom. The molecular formula is C17H24N2O2. The summed E-state index contributed by atoms with van der Waals surface area (Å²) in [7, 11) is 0. The van der Waals surface area contributed by atoms with Crippen molar-refractivity contribution in [3.8, 4) is 5.75 Å². The van der Waals surface area contributed by atoms with Gasteiger partial charge in [-0.15, -0.1) is 0 Å². The van der Waals surface area contributed by atoms with E-state index in [4.69, 9.17) is 4.74 Å². The van der Waals surface area contributed by atoms with Crippen LogP contribution in [0.2, 0.25) is 0 Å². The van der Waals surface area contributed by atoms with Crippen LogP contribution in [-0.4, -0.2) is 54.5 Å². The molecule has 2 fully saturated rings. The molecule has 0 N–H and O–H groups in total. The quantitative estimate of drug-likeness (QED) is 0.832. The van der Waals surface area contributed by atoms with Crippen LogP contribution in [0.15, 0.2) is 30.3 Å². The maximum absolute atomic E-state index is 12.2. The number of nitrogens with zero attached hydrogens (tertiary/aromatic N) is 2. The zero-order valence-electron chi connectivity index (χ0n) is 12.5. The van der Waals surface area contributed by atoms with Gasteiger partial charge in [0.1, 0.15) is 5.75 Å². The maximum Gasteiger partial charge on any atom is 0.226 e. The van der Waals surface area contributed by atoms with Gasteiger partial charge < -0.3 is 9.64 Å². The van der Waals surface area contributed by atoms with Gasteiger partial charge in [-0.05, 0) is 44.5 Å². The third-order valence-electron chi connectivity index (χ3n) is 4.50. The highest BCUT2D eigenvalue weighted by Gasteiger charge is 2.31. The largest absolute Gasteiger partial charge is 0.493 e. The molecule has 0 aliphatic carbocycles. The van der Waals surface area contributed by atoms with Crippen molar-refractivity contribution in [3.05, 3.63) is 30.3 Å². The highest BCUT2D eigenvalue weighted by Crippen LogP contribution is 2.21. The Labute approximate surface area is 126 Å². The molecule has 3 rings (SSSR count). The van der Waals surface area contributed by atoms with Gasteiger partial charge in [0.05, 0.1) is 13.0 Å². The van der Waals surface area contributed by atoms with Crippen LogP contribution in [-0.2, 0) is 4.79 Å². The van der Waals surface area contributed by atoms with E-state index in [2.05, 4.69) is 4.90 Å². The van der Waals surface area contributed by atoms with Gasteiger partial charge in [0.2, 0.25) is 5.91 Å². The molecule has 0 aromatic heterocycles. The minimum atomic E-state index is 0.229. The Bertz CT molecular complexity index is 457. The number of carbonyl (C=O) groups is 1. The zero-order valence-corrected chi connectivity index (χ0v) is 12.5. The summed E-state index contributed by atoms with van der Waals surface area (Å²) in [5.74, 6) is 1.06. The molecule has 4 nitrogen and oxygen atoms in total. The number of ether oxygens (including phenoxy) is 1. The van der Waals surface area contributed by atoms with Gasteiger partial charge in [0, 0.05) is 19.1 Å². The third kappa shape index (κ3) is 3.76. The molecular weight excluding hydrogens is 264 g/mol. The Kier molecular flexibility index (Phi) is 4.76. The van der Waals surface area contributed by atoms with Crippen LogP contribution in [0, 0.1) is 0 Å². The number of hydrogen-bond acceptors (Lipinski definition) is 3. The Morgan fingerprint density at radius 1 is 1.14 bits per heavy atom. The van der Waals surface area contributed by atoms with Crippen molar-refractivity contribution >= 4 is 5.91 Å². The minimum absolute atomic E-state index is 0.229. The van der Waals surface area contributed by atoms with Crippen molar-refractivity contribution in [3.63, 3.8) is 0 Å². The second-order valence-electron chi connectivity index (χ2n) is 5.94. The smallest absolute Gasteiger partial charge is 0.226 e. The Hall–Kier alpha value is -1.55. The Morgan fingerprint density at radius 3 is 2.67 bits per heavy atom. The van der Waals surface area contributed by atoms with Gasteiger partial charge in [0.15, 0.2) is 0 Å². The van der Waals surface area contributed by atoms with Gasteiger partial charge >= 0.3 is 0 Å². The number of hydrogen-bond donors (Lipinski definition) is 0. The van der Waals surface area contributed by atoms with Crippen LogP contribution in [0.1, 0.15) is 25.7 Å².